The second-order valence-corrected chi connectivity index (χ2v) is 4.98. The summed E-state index contributed by atoms with van der Waals surface area (Å²) in [5.74, 6) is 1.49. The van der Waals surface area contributed by atoms with Crippen LogP contribution in [-0.4, -0.2) is 39.4 Å². The highest BCUT2D eigenvalue weighted by atomic mass is 35.5. The standard InChI is InChI=1S/C12H17ClN4O2/c1-8(2)6-18-4-5-19-11-9(3)10(13)16-12-14-7-15-17(11)12/h7-8H,4-6H2,1-3H3. The van der Waals surface area contributed by atoms with Crippen LogP contribution in [0.4, 0.5) is 0 Å². The van der Waals surface area contributed by atoms with Crippen molar-refractivity contribution in [2.75, 3.05) is 19.8 Å². The van der Waals surface area contributed by atoms with E-state index in [1.165, 1.54) is 10.8 Å². The van der Waals surface area contributed by atoms with Crippen LogP contribution in [0.25, 0.3) is 5.78 Å². The third-order valence-electron chi connectivity index (χ3n) is 2.47. The van der Waals surface area contributed by atoms with Crippen LogP contribution in [0.1, 0.15) is 19.4 Å². The normalized spacial score (nSPS) is 11.4. The lowest BCUT2D eigenvalue weighted by molar-refractivity contribution is 0.0797. The molecule has 0 aliphatic carbocycles. The maximum absolute atomic E-state index is 6.03. The van der Waals surface area contributed by atoms with E-state index in [-0.39, 0.29) is 0 Å². The average Bonchev–Trinajstić information content (AvgIpc) is 2.80. The van der Waals surface area contributed by atoms with Gasteiger partial charge in [0.2, 0.25) is 5.88 Å². The Morgan fingerprint density at radius 2 is 2.16 bits per heavy atom. The second kappa shape index (κ2) is 6.16. The van der Waals surface area contributed by atoms with E-state index in [9.17, 15) is 0 Å². The molecule has 7 heteroatoms. The van der Waals surface area contributed by atoms with Crippen molar-refractivity contribution in [3.63, 3.8) is 0 Å². The molecule has 0 unspecified atom stereocenters. The number of nitrogens with zero attached hydrogens (tertiary/aromatic N) is 4. The van der Waals surface area contributed by atoms with Gasteiger partial charge in [-0.2, -0.15) is 19.6 Å². The summed E-state index contributed by atoms with van der Waals surface area (Å²) in [5.41, 5.74) is 0.739. The zero-order valence-corrected chi connectivity index (χ0v) is 12.0. The zero-order valence-electron chi connectivity index (χ0n) is 11.3. The number of aromatic nitrogens is 4. The molecule has 0 saturated heterocycles. The maximum atomic E-state index is 6.03. The highest BCUT2D eigenvalue weighted by Gasteiger charge is 2.13. The van der Waals surface area contributed by atoms with Crippen LogP contribution in [-0.2, 0) is 4.74 Å². The van der Waals surface area contributed by atoms with Crippen LogP contribution in [0.2, 0.25) is 5.15 Å². The number of rotatable bonds is 6. The van der Waals surface area contributed by atoms with Gasteiger partial charge >= 0.3 is 0 Å². The van der Waals surface area contributed by atoms with Gasteiger partial charge in [-0.15, -0.1) is 0 Å². The second-order valence-electron chi connectivity index (χ2n) is 4.62. The van der Waals surface area contributed by atoms with Crippen LogP contribution in [0.15, 0.2) is 6.33 Å². The van der Waals surface area contributed by atoms with Gasteiger partial charge in [-0.1, -0.05) is 25.4 Å². The molecular weight excluding hydrogens is 268 g/mol. The van der Waals surface area contributed by atoms with E-state index in [1.807, 2.05) is 6.92 Å². The molecule has 0 fully saturated rings. The van der Waals surface area contributed by atoms with Gasteiger partial charge in [0.25, 0.3) is 5.78 Å². The van der Waals surface area contributed by atoms with Crippen molar-refractivity contribution in [3.05, 3.63) is 17.0 Å². The summed E-state index contributed by atoms with van der Waals surface area (Å²) in [5, 5.41) is 4.44. The summed E-state index contributed by atoms with van der Waals surface area (Å²) in [6.07, 6.45) is 1.42. The van der Waals surface area contributed by atoms with E-state index < -0.39 is 0 Å². The molecule has 0 atom stereocenters. The number of hydrogen-bond donors (Lipinski definition) is 0. The quantitative estimate of drug-likeness (QED) is 0.601. The lowest BCUT2D eigenvalue weighted by Crippen LogP contribution is -2.13. The summed E-state index contributed by atoms with van der Waals surface area (Å²) < 4.78 is 12.7. The molecule has 2 heterocycles. The number of halogens is 1. The minimum atomic E-state index is 0.374. The van der Waals surface area contributed by atoms with Crippen molar-refractivity contribution in [1.29, 1.82) is 0 Å². The Kier molecular flexibility index (Phi) is 4.55. The van der Waals surface area contributed by atoms with Crippen molar-refractivity contribution >= 4 is 17.4 Å². The van der Waals surface area contributed by atoms with Gasteiger partial charge in [0.1, 0.15) is 18.1 Å². The Hall–Kier alpha value is -1.40. The minimum absolute atomic E-state index is 0.374. The molecule has 2 aromatic heterocycles. The van der Waals surface area contributed by atoms with E-state index in [0.29, 0.717) is 35.9 Å². The van der Waals surface area contributed by atoms with Gasteiger partial charge in [-0.3, -0.25) is 0 Å². The zero-order chi connectivity index (χ0) is 13.8. The number of ether oxygens (including phenoxy) is 2. The molecule has 0 N–H and O–H groups in total. The summed E-state index contributed by atoms with van der Waals surface area (Å²) in [7, 11) is 0. The van der Waals surface area contributed by atoms with Crippen LogP contribution in [0, 0.1) is 12.8 Å². The molecule has 0 spiro atoms. The Morgan fingerprint density at radius 3 is 2.89 bits per heavy atom. The first-order chi connectivity index (χ1) is 9.09. The molecule has 6 nitrogen and oxygen atoms in total. The lowest BCUT2D eigenvalue weighted by Gasteiger charge is -2.11. The Balaban J connectivity index is 2.03. The molecule has 2 rings (SSSR count). The van der Waals surface area contributed by atoms with Gasteiger partial charge < -0.3 is 9.47 Å². The van der Waals surface area contributed by atoms with Gasteiger partial charge in [-0.25, -0.2) is 0 Å². The van der Waals surface area contributed by atoms with Crippen molar-refractivity contribution in [1.82, 2.24) is 19.6 Å². The van der Waals surface area contributed by atoms with E-state index in [1.54, 1.807) is 0 Å². The number of hydrogen-bond acceptors (Lipinski definition) is 5. The van der Waals surface area contributed by atoms with E-state index >= 15 is 0 Å². The molecule has 0 radical (unpaired) electrons. The first kappa shape index (κ1) is 14.0. The SMILES string of the molecule is Cc1c(Cl)nc2ncnn2c1OCCOCC(C)C. The Morgan fingerprint density at radius 1 is 1.37 bits per heavy atom. The monoisotopic (exact) mass is 284 g/mol. The fourth-order valence-corrected chi connectivity index (χ4v) is 1.72. The fourth-order valence-electron chi connectivity index (χ4n) is 1.56. The maximum Gasteiger partial charge on any atom is 0.256 e. The largest absolute Gasteiger partial charge is 0.475 e. The molecule has 0 saturated carbocycles. The van der Waals surface area contributed by atoms with Gasteiger partial charge in [0, 0.05) is 12.2 Å². The average molecular weight is 285 g/mol. The van der Waals surface area contributed by atoms with Gasteiger partial charge in [0.15, 0.2) is 0 Å². The van der Waals surface area contributed by atoms with Crippen molar-refractivity contribution in [2.45, 2.75) is 20.8 Å². The van der Waals surface area contributed by atoms with Crippen LogP contribution in [0.5, 0.6) is 5.88 Å². The predicted octanol–water partition coefficient (Wildman–Crippen LogP) is 2.14. The van der Waals surface area contributed by atoms with E-state index in [0.717, 1.165) is 12.2 Å². The topological polar surface area (TPSA) is 61.5 Å². The molecule has 0 aliphatic rings. The van der Waals surface area contributed by atoms with Crippen LogP contribution >= 0.6 is 11.6 Å². The molecule has 0 aromatic carbocycles. The first-order valence-corrected chi connectivity index (χ1v) is 6.53. The van der Waals surface area contributed by atoms with E-state index in [4.69, 9.17) is 21.1 Å². The van der Waals surface area contributed by atoms with Gasteiger partial charge in [0.05, 0.1) is 6.61 Å². The van der Waals surface area contributed by atoms with Crippen LogP contribution in [0.3, 0.4) is 0 Å². The third-order valence-corrected chi connectivity index (χ3v) is 2.84. The van der Waals surface area contributed by atoms with Crippen molar-refractivity contribution in [3.8, 4) is 5.88 Å². The third kappa shape index (κ3) is 3.33. The molecule has 0 bridgehead atoms. The van der Waals surface area contributed by atoms with Crippen LogP contribution < -0.4 is 4.74 Å². The Bertz CT molecular complexity index is 556. The van der Waals surface area contributed by atoms with Crippen molar-refractivity contribution < 1.29 is 9.47 Å². The fraction of sp³-hybridized carbons (Fsp3) is 0.583. The summed E-state index contributed by atoms with van der Waals surface area (Å²) in [6.45, 7) is 7.72. The lowest BCUT2D eigenvalue weighted by atomic mass is 10.2. The molecule has 0 aliphatic heterocycles. The highest BCUT2D eigenvalue weighted by molar-refractivity contribution is 6.30. The highest BCUT2D eigenvalue weighted by Crippen LogP contribution is 2.23. The predicted molar refractivity (Wildman–Crippen MR) is 71.7 cm³/mol. The molecule has 0 amide bonds. The summed E-state index contributed by atoms with van der Waals surface area (Å²) in [4.78, 5) is 8.10. The summed E-state index contributed by atoms with van der Waals surface area (Å²) in [6, 6.07) is 0. The molecule has 19 heavy (non-hydrogen) atoms. The Labute approximate surface area is 116 Å². The smallest absolute Gasteiger partial charge is 0.256 e. The van der Waals surface area contributed by atoms with Gasteiger partial charge in [-0.05, 0) is 12.8 Å². The first-order valence-electron chi connectivity index (χ1n) is 6.16. The summed E-state index contributed by atoms with van der Waals surface area (Å²) >= 11 is 6.03. The molecule has 2 aromatic rings. The van der Waals surface area contributed by atoms with Crippen molar-refractivity contribution in [2.24, 2.45) is 5.92 Å². The number of fused-ring (bicyclic) bond motifs is 1. The minimum Gasteiger partial charge on any atom is -0.475 e. The molecule has 104 valence electrons. The molecular formula is C12H17ClN4O2. The van der Waals surface area contributed by atoms with E-state index in [2.05, 4.69) is 28.9 Å².